The Morgan fingerprint density at radius 3 is 2.00 bits per heavy atom. The molecule has 0 saturated carbocycles. The van der Waals surface area contributed by atoms with Gasteiger partial charge < -0.3 is 10.8 Å². The Kier molecular flexibility index (Phi) is 13.0. The lowest BCUT2D eigenvalue weighted by molar-refractivity contribution is -0.134. The molecule has 0 saturated heterocycles. The summed E-state index contributed by atoms with van der Waals surface area (Å²) in [6, 6.07) is 0. The summed E-state index contributed by atoms with van der Waals surface area (Å²) in [6.45, 7) is 4.06. The van der Waals surface area contributed by atoms with Gasteiger partial charge >= 0.3 is 0 Å². The number of carboxylic acids is 1. The van der Waals surface area contributed by atoms with Gasteiger partial charge in [0.15, 0.2) is 0 Å². The van der Waals surface area contributed by atoms with Crippen LogP contribution in [0.4, 0.5) is 0 Å². The summed E-state index contributed by atoms with van der Waals surface area (Å²) in [7, 11) is 0. The summed E-state index contributed by atoms with van der Waals surface area (Å²) in [6.07, 6.45) is 2.39. The van der Waals surface area contributed by atoms with Crippen molar-refractivity contribution in [1.29, 1.82) is 0 Å². The molecule has 0 aliphatic rings. The lowest BCUT2D eigenvalue weighted by Gasteiger charge is -1.80. The van der Waals surface area contributed by atoms with E-state index >= 15 is 0 Å². The van der Waals surface area contributed by atoms with Crippen molar-refractivity contribution in [3.8, 4) is 0 Å². The van der Waals surface area contributed by atoms with Crippen LogP contribution in [0.1, 0.15) is 26.7 Å². The first kappa shape index (κ1) is 11.3. The minimum absolute atomic E-state index is 0.833. The lowest BCUT2D eigenvalue weighted by Crippen LogP contribution is -1.95. The predicted molar refractivity (Wildman–Crippen MR) is 37.3 cm³/mol. The van der Waals surface area contributed by atoms with E-state index in [4.69, 9.17) is 15.6 Å². The normalized spacial score (nSPS) is 7.44. The van der Waals surface area contributed by atoms with Crippen molar-refractivity contribution in [2.75, 3.05) is 6.54 Å². The Labute approximate surface area is 55.9 Å². The quantitative estimate of drug-likeness (QED) is 0.586. The second-order valence-corrected chi connectivity index (χ2v) is 1.66. The highest BCUT2D eigenvalue weighted by Gasteiger charge is 1.68. The number of aliphatic carboxylic acids is 1. The van der Waals surface area contributed by atoms with Crippen LogP contribution >= 0.6 is 0 Å². The molecule has 9 heavy (non-hydrogen) atoms. The highest BCUT2D eigenvalue weighted by molar-refractivity contribution is 5.62. The van der Waals surface area contributed by atoms with Crippen molar-refractivity contribution in [2.45, 2.75) is 26.7 Å². The third kappa shape index (κ3) is 107. The number of carboxylic acid groups (broad SMARTS) is 1. The third-order valence-electron chi connectivity index (χ3n) is 0.558. The van der Waals surface area contributed by atoms with Gasteiger partial charge in [-0.15, -0.1) is 0 Å². The molecule has 0 aromatic carbocycles. The summed E-state index contributed by atoms with van der Waals surface area (Å²) < 4.78 is 0. The minimum atomic E-state index is -0.833. The zero-order chi connectivity index (χ0) is 7.70. The molecule has 3 nitrogen and oxygen atoms in total. The summed E-state index contributed by atoms with van der Waals surface area (Å²) in [5, 5.41) is 7.42. The van der Waals surface area contributed by atoms with Gasteiger partial charge in [0.1, 0.15) is 0 Å². The number of unbranched alkanes of at least 4 members (excludes halogenated alkanes) is 1. The molecule has 0 aromatic rings. The van der Waals surface area contributed by atoms with Crippen LogP contribution in [0.25, 0.3) is 0 Å². The zero-order valence-electron chi connectivity index (χ0n) is 6.05. The molecular weight excluding hydrogens is 118 g/mol. The predicted octanol–water partition coefficient (Wildman–Crippen LogP) is 0.836. The summed E-state index contributed by atoms with van der Waals surface area (Å²) in [5.41, 5.74) is 5.14. The molecule has 0 heterocycles. The van der Waals surface area contributed by atoms with Gasteiger partial charge in [0.05, 0.1) is 0 Å². The molecule has 0 aromatic heterocycles. The van der Waals surface area contributed by atoms with Crippen LogP contribution in [0.2, 0.25) is 0 Å². The van der Waals surface area contributed by atoms with E-state index in [1.165, 1.54) is 12.8 Å². The van der Waals surface area contributed by atoms with E-state index < -0.39 is 5.97 Å². The fraction of sp³-hybridized carbons (Fsp3) is 0.833. The Hall–Kier alpha value is -0.570. The minimum Gasteiger partial charge on any atom is -0.481 e. The molecule has 3 N–H and O–H groups in total. The van der Waals surface area contributed by atoms with Gasteiger partial charge in [0.2, 0.25) is 0 Å². The third-order valence-corrected chi connectivity index (χ3v) is 0.558. The highest BCUT2D eigenvalue weighted by atomic mass is 16.4. The Morgan fingerprint density at radius 1 is 1.67 bits per heavy atom. The molecule has 0 rings (SSSR count). The van der Waals surface area contributed by atoms with Crippen LogP contribution < -0.4 is 5.73 Å². The SMILES string of the molecule is CC(=O)O.CCCCN. The first-order valence-corrected chi connectivity index (χ1v) is 3.04. The van der Waals surface area contributed by atoms with E-state index in [9.17, 15) is 0 Å². The molecule has 0 amide bonds. The molecule has 0 fully saturated rings. The largest absolute Gasteiger partial charge is 0.481 e. The fourth-order valence-corrected chi connectivity index (χ4v) is 0.204. The zero-order valence-corrected chi connectivity index (χ0v) is 6.05. The number of nitrogens with two attached hydrogens (primary N) is 1. The average Bonchev–Trinajstić information content (AvgIpc) is 1.66. The maximum atomic E-state index is 9.00. The monoisotopic (exact) mass is 133 g/mol. The number of rotatable bonds is 2. The van der Waals surface area contributed by atoms with Gasteiger partial charge in [0, 0.05) is 6.92 Å². The second-order valence-electron chi connectivity index (χ2n) is 1.66. The van der Waals surface area contributed by atoms with Crippen molar-refractivity contribution in [3.63, 3.8) is 0 Å². The Balaban J connectivity index is 0. The van der Waals surface area contributed by atoms with E-state index in [1.54, 1.807) is 0 Å². The molecule has 0 unspecified atom stereocenters. The van der Waals surface area contributed by atoms with E-state index in [2.05, 4.69) is 6.92 Å². The molecular formula is C6H15NO2. The van der Waals surface area contributed by atoms with Gasteiger partial charge in [-0.1, -0.05) is 13.3 Å². The van der Waals surface area contributed by atoms with Crippen LogP contribution in [0.5, 0.6) is 0 Å². The summed E-state index contributed by atoms with van der Waals surface area (Å²) >= 11 is 0. The van der Waals surface area contributed by atoms with Gasteiger partial charge in [-0.05, 0) is 13.0 Å². The van der Waals surface area contributed by atoms with E-state index in [0.29, 0.717) is 0 Å². The van der Waals surface area contributed by atoms with Crippen LogP contribution in [-0.2, 0) is 4.79 Å². The molecule has 3 heteroatoms. The molecule has 0 bridgehead atoms. The van der Waals surface area contributed by atoms with Crippen LogP contribution in [0.3, 0.4) is 0 Å². The molecule has 0 spiro atoms. The first-order chi connectivity index (χ1) is 4.15. The van der Waals surface area contributed by atoms with Crippen molar-refractivity contribution in [1.82, 2.24) is 0 Å². The van der Waals surface area contributed by atoms with Crippen molar-refractivity contribution >= 4 is 5.97 Å². The van der Waals surface area contributed by atoms with Crippen LogP contribution in [0.15, 0.2) is 0 Å². The lowest BCUT2D eigenvalue weighted by atomic mass is 10.3. The van der Waals surface area contributed by atoms with Crippen LogP contribution in [0, 0.1) is 0 Å². The maximum Gasteiger partial charge on any atom is 0.300 e. The average molecular weight is 133 g/mol. The van der Waals surface area contributed by atoms with E-state index in [1.807, 2.05) is 0 Å². The fourth-order valence-electron chi connectivity index (χ4n) is 0.204. The van der Waals surface area contributed by atoms with Crippen LogP contribution in [-0.4, -0.2) is 17.6 Å². The first-order valence-electron chi connectivity index (χ1n) is 3.04. The Morgan fingerprint density at radius 2 is 2.00 bits per heavy atom. The Bertz CT molecular complexity index is 58.1. The molecule has 0 aliphatic carbocycles. The summed E-state index contributed by atoms with van der Waals surface area (Å²) in [4.78, 5) is 9.00. The van der Waals surface area contributed by atoms with E-state index in [0.717, 1.165) is 13.5 Å². The van der Waals surface area contributed by atoms with Crippen molar-refractivity contribution in [3.05, 3.63) is 0 Å². The van der Waals surface area contributed by atoms with E-state index in [-0.39, 0.29) is 0 Å². The number of hydrogen-bond donors (Lipinski definition) is 2. The molecule has 0 aliphatic heterocycles. The topological polar surface area (TPSA) is 63.3 Å². The van der Waals surface area contributed by atoms with Gasteiger partial charge in [-0.3, -0.25) is 4.79 Å². The number of carbonyl (C=O) groups is 1. The number of hydrogen-bond acceptors (Lipinski definition) is 2. The molecule has 56 valence electrons. The smallest absolute Gasteiger partial charge is 0.300 e. The molecule has 0 radical (unpaired) electrons. The summed E-state index contributed by atoms with van der Waals surface area (Å²) in [5.74, 6) is -0.833. The van der Waals surface area contributed by atoms with Gasteiger partial charge in [0.25, 0.3) is 5.97 Å². The maximum absolute atomic E-state index is 9.00. The van der Waals surface area contributed by atoms with Crippen molar-refractivity contribution in [2.24, 2.45) is 5.73 Å². The van der Waals surface area contributed by atoms with Gasteiger partial charge in [-0.25, -0.2) is 0 Å². The molecule has 0 atom stereocenters. The highest BCUT2D eigenvalue weighted by Crippen LogP contribution is 1.77. The second kappa shape index (κ2) is 10.4. The van der Waals surface area contributed by atoms with Gasteiger partial charge in [-0.2, -0.15) is 0 Å². The van der Waals surface area contributed by atoms with Crippen molar-refractivity contribution < 1.29 is 9.90 Å². The standard InChI is InChI=1S/C4H11N.C2H4O2/c1-2-3-4-5;1-2(3)4/h2-5H2,1H3;1H3,(H,3,4).